The molecule has 0 spiro atoms. The van der Waals surface area contributed by atoms with E-state index < -0.39 is 5.91 Å². The number of primary amides is 1. The highest BCUT2D eigenvalue weighted by Gasteiger charge is 2.19. The van der Waals surface area contributed by atoms with Gasteiger partial charge in [-0.3, -0.25) is 4.79 Å². The summed E-state index contributed by atoms with van der Waals surface area (Å²) in [4.78, 5) is 11.1. The number of aliphatic hydroxyl groups excluding tert-OH is 1. The molecule has 4 N–H and O–H groups in total. The number of hydrogen-bond acceptors (Lipinski definition) is 3. The Balaban J connectivity index is 2.03. The molecule has 1 amide bonds. The minimum absolute atomic E-state index is 0.138. The molecule has 1 aromatic carbocycles. The molecule has 1 saturated carbocycles. The first-order valence-corrected chi connectivity index (χ1v) is 6.41. The van der Waals surface area contributed by atoms with Gasteiger partial charge in [0.1, 0.15) is 0 Å². The lowest BCUT2D eigenvalue weighted by molar-refractivity contribution is 0.1000. The van der Waals surface area contributed by atoms with E-state index in [1.54, 1.807) is 6.07 Å². The second-order valence-electron chi connectivity index (χ2n) is 5.04. The number of aryl methyl sites for hydroxylation is 1. The Labute approximate surface area is 107 Å². The van der Waals surface area contributed by atoms with Gasteiger partial charge < -0.3 is 16.2 Å². The van der Waals surface area contributed by atoms with Gasteiger partial charge in [0.05, 0.1) is 6.10 Å². The molecule has 98 valence electrons. The van der Waals surface area contributed by atoms with Crippen molar-refractivity contribution >= 4 is 11.6 Å². The van der Waals surface area contributed by atoms with Crippen LogP contribution in [-0.2, 0) is 0 Å². The average molecular weight is 248 g/mol. The Bertz CT molecular complexity index is 437. The molecule has 0 aromatic heterocycles. The van der Waals surface area contributed by atoms with Gasteiger partial charge in [-0.2, -0.15) is 0 Å². The Hall–Kier alpha value is -1.55. The zero-order valence-corrected chi connectivity index (χ0v) is 10.6. The maximum Gasteiger partial charge on any atom is 0.248 e. The number of carbonyl (C=O) groups is 1. The van der Waals surface area contributed by atoms with E-state index in [0.717, 1.165) is 36.9 Å². The summed E-state index contributed by atoms with van der Waals surface area (Å²) >= 11 is 0. The third kappa shape index (κ3) is 3.01. The number of carbonyl (C=O) groups excluding carboxylic acids is 1. The third-order valence-corrected chi connectivity index (χ3v) is 3.57. The van der Waals surface area contributed by atoms with Crippen LogP contribution >= 0.6 is 0 Å². The van der Waals surface area contributed by atoms with E-state index in [1.807, 2.05) is 19.1 Å². The number of hydrogen-bond donors (Lipinski definition) is 3. The monoisotopic (exact) mass is 248 g/mol. The molecule has 0 aliphatic heterocycles. The standard InChI is InChI=1S/C14H20N2O2/c1-9-8-10(14(15)18)2-7-13(9)16-11-3-5-12(17)6-4-11/h2,7-8,11-12,16-17H,3-6H2,1H3,(H2,15,18). The van der Waals surface area contributed by atoms with Crippen LogP contribution in [0, 0.1) is 6.92 Å². The Morgan fingerprint density at radius 2 is 2.00 bits per heavy atom. The van der Waals surface area contributed by atoms with Crippen molar-refractivity contribution in [3.63, 3.8) is 0 Å². The number of nitrogens with one attached hydrogen (secondary N) is 1. The number of aliphatic hydroxyl groups is 1. The predicted octanol–water partition coefficient (Wildman–Crippen LogP) is 1.81. The lowest BCUT2D eigenvalue weighted by atomic mass is 9.92. The molecule has 4 nitrogen and oxygen atoms in total. The Morgan fingerprint density at radius 3 is 2.56 bits per heavy atom. The number of anilines is 1. The molecule has 0 bridgehead atoms. The summed E-state index contributed by atoms with van der Waals surface area (Å²) in [5.41, 5.74) is 7.85. The zero-order chi connectivity index (χ0) is 13.1. The van der Waals surface area contributed by atoms with Gasteiger partial charge in [0, 0.05) is 17.3 Å². The molecule has 0 unspecified atom stereocenters. The second-order valence-corrected chi connectivity index (χ2v) is 5.04. The summed E-state index contributed by atoms with van der Waals surface area (Å²) in [7, 11) is 0. The van der Waals surface area contributed by atoms with Gasteiger partial charge in [-0.15, -0.1) is 0 Å². The van der Waals surface area contributed by atoms with Crippen LogP contribution in [0.1, 0.15) is 41.6 Å². The summed E-state index contributed by atoms with van der Waals surface area (Å²) < 4.78 is 0. The smallest absolute Gasteiger partial charge is 0.248 e. The van der Waals surface area contributed by atoms with Crippen LogP contribution in [0.15, 0.2) is 18.2 Å². The van der Waals surface area contributed by atoms with Gasteiger partial charge in [-0.25, -0.2) is 0 Å². The molecular weight excluding hydrogens is 228 g/mol. The summed E-state index contributed by atoms with van der Waals surface area (Å²) in [6, 6.07) is 5.87. The van der Waals surface area contributed by atoms with Crippen LogP contribution in [0.4, 0.5) is 5.69 Å². The third-order valence-electron chi connectivity index (χ3n) is 3.57. The van der Waals surface area contributed by atoms with Crippen LogP contribution in [0.25, 0.3) is 0 Å². The van der Waals surface area contributed by atoms with E-state index in [4.69, 9.17) is 5.73 Å². The first kappa shape index (κ1) is 12.9. The van der Waals surface area contributed by atoms with Crippen molar-refractivity contribution in [1.29, 1.82) is 0 Å². The molecule has 2 rings (SSSR count). The second kappa shape index (κ2) is 5.40. The van der Waals surface area contributed by atoms with E-state index in [9.17, 15) is 9.90 Å². The normalized spacial score (nSPS) is 23.7. The number of benzene rings is 1. The van der Waals surface area contributed by atoms with Crippen molar-refractivity contribution in [3.05, 3.63) is 29.3 Å². The fraction of sp³-hybridized carbons (Fsp3) is 0.500. The van der Waals surface area contributed by atoms with Crippen molar-refractivity contribution in [1.82, 2.24) is 0 Å². The number of amides is 1. The molecule has 1 aliphatic rings. The van der Waals surface area contributed by atoms with Gasteiger partial charge in [-0.1, -0.05) is 0 Å². The lowest BCUT2D eigenvalue weighted by Gasteiger charge is -2.27. The summed E-state index contributed by atoms with van der Waals surface area (Å²) in [5.74, 6) is -0.398. The highest BCUT2D eigenvalue weighted by atomic mass is 16.3. The van der Waals surface area contributed by atoms with Crippen molar-refractivity contribution < 1.29 is 9.90 Å². The van der Waals surface area contributed by atoms with Crippen LogP contribution < -0.4 is 11.1 Å². The molecule has 1 aliphatic carbocycles. The molecular formula is C14H20N2O2. The summed E-state index contributed by atoms with van der Waals surface area (Å²) in [5, 5.41) is 12.9. The highest BCUT2D eigenvalue weighted by molar-refractivity contribution is 5.93. The Kier molecular flexibility index (Phi) is 3.87. The first-order valence-electron chi connectivity index (χ1n) is 6.41. The van der Waals surface area contributed by atoms with E-state index in [-0.39, 0.29) is 6.10 Å². The van der Waals surface area contributed by atoms with Gasteiger partial charge in [0.2, 0.25) is 5.91 Å². The Morgan fingerprint density at radius 1 is 1.33 bits per heavy atom. The molecule has 1 aromatic rings. The molecule has 18 heavy (non-hydrogen) atoms. The maximum absolute atomic E-state index is 11.1. The van der Waals surface area contributed by atoms with Crippen molar-refractivity contribution in [2.24, 2.45) is 5.73 Å². The predicted molar refractivity (Wildman–Crippen MR) is 71.6 cm³/mol. The van der Waals surface area contributed by atoms with E-state index in [2.05, 4.69) is 5.32 Å². The van der Waals surface area contributed by atoms with E-state index in [0.29, 0.717) is 11.6 Å². The molecule has 0 atom stereocenters. The molecule has 0 radical (unpaired) electrons. The molecule has 0 heterocycles. The highest BCUT2D eigenvalue weighted by Crippen LogP contribution is 2.24. The SMILES string of the molecule is Cc1cc(C(N)=O)ccc1NC1CCC(O)CC1. The van der Waals surface area contributed by atoms with Crippen LogP contribution in [-0.4, -0.2) is 23.2 Å². The maximum atomic E-state index is 11.1. The van der Waals surface area contributed by atoms with Gasteiger partial charge in [-0.05, 0) is 56.4 Å². The number of rotatable bonds is 3. The zero-order valence-electron chi connectivity index (χ0n) is 10.6. The number of nitrogens with two attached hydrogens (primary N) is 1. The quantitative estimate of drug-likeness (QED) is 0.763. The molecule has 0 saturated heterocycles. The van der Waals surface area contributed by atoms with Crippen LogP contribution in [0.2, 0.25) is 0 Å². The molecule has 4 heteroatoms. The largest absolute Gasteiger partial charge is 0.393 e. The van der Waals surface area contributed by atoms with Gasteiger partial charge >= 0.3 is 0 Å². The lowest BCUT2D eigenvalue weighted by Crippen LogP contribution is -2.28. The fourth-order valence-corrected chi connectivity index (χ4v) is 2.42. The minimum Gasteiger partial charge on any atom is -0.393 e. The summed E-state index contributed by atoms with van der Waals surface area (Å²) in [6.45, 7) is 1.96. The van der Waals surface area contributed by atoms with Gasteiger partial charge in [0.25, 0.3) is 0 Å². The van der Waals surface area contributed by atoms with Crippen LogP contribution in [0.5, 0.6) is 0 Å². The average Bonchev–Trinajstić information content (AvgIpc) is 2.34. The van der Waals surface area contributed by atoms with Crippen molar-refractivity contribution in [2.75, 3.05) is 5.32 Å². The van der Waals surface area contributed by atoms with Crippen molar-refractivity contribution in [2.45, 2.75) is 44.8 Å². The molecule has 1 fully saturated rings. The van der Waals surface area contributed by atoms with Crippen LogP contribution in [0.3, 0.4) is 0 Å². The topological polar surface area (TPSA) is 75.4 Å². The van der Waals surface area contributed by atoms with E-state index in [1.165, 1.54) is 0 Å². The van der Waals surface area contributed by atoms with Gasteiger partial charge in [0.15, 0.2) is 0 Å². The van der Waals surface area contributed by atoms with E-state index >= 15 is 0 Å². The minimum atomic E-state index is -0.398. The summed E-state index contributed by atoms with van der Waals surface area (Å²) in [6.07, 6.45) is 3.55. The van der Waals surface area contributed by atoms with Crippen molar-refractivity contribution in [3.8, 4) is 0 Å². The fourth-order valence-electron chi connectivity index (χ4n) is 2.42. The first-order chi connectivity index (χ1) is 8.56.